The first kappa shape index (κ1) is 8.96. The fourth-order valence-electron chi connectivity index (χ4n) is 4.31. The van der Waals surface area contributed by atoms with Crippen LogP contribution < -0.4 is 5.73 Å². The summed E-state index contributed by atoms with van der Waals surface area (Å²) >= 11 is 0. The van der Waals surface area contributed by atoms with Crippen molar-refractivity contribution in [3.63, 3.8) is 0 Å². The van der Waals surface area contributed by atoms with Gasteiger partial charge in [0.15, 0.2) is 0 Å². The summed E-state index contributed by atoms with van der Waals surface area (Å²) in [5.41, 5.74) is 7.40. The summed E-state index contributed by atoms with van der Waals surface area (Å²) in [4.78, 5) is 0. The number of nitrogens with two attached hydrogens (primary N) is 1. The molecule has 78 valence electrons. The Morgan fingerprint density at radius 1 is 1.00 bits per heavy atom. The Balaban J connectivity index is 1.81. The van der Waals surface area contributed by atoms with E-state index in [1.165, 1.54) is 25.7 Å². The molecule has 0 aromatic rings. The maximum absolute atomic E-state index is 5.59. The zero-order valence-electron chi connectivity index (χ0n) is 8.91. The second-order valence-corrected chi connectivity index (χ2v) is 5.59. The molecule has 0 unspecified atom stereocenters. The van der Waals surface area contributed by atoms with E-state index in [1.807, 2.05) is 5.57 Å². The topological polar surface area (TPSA) is 26.0 Å². The molecule has 0 aliphatic heterocycles. The molecule has 0 atom stereocenters. The van der Waals surface area contributed by atoms with Crippen LogP contribution in [0.25, 0.3) is 0 Å². The van der Waals surface area contributed by atoms with Gasteiger partial charge in [-0.05, 0) is 68.7 Å². The van der Waals surface area contributed by atoms with Crippen molar-refractivity contribution >= 4 is 0 Å². The van der Waals surface area contributed by atoms with Gasteiger partial charge in [0.2, 0.25) is 0 Å². The molecule has 2 N–H and O–H groups in total. The molecule has 4 saturated carbocycles. The lowest BCUT2D eigenvalue weighted by atomic mass is 9.54. The monoisotopic (exact) mass is 191 g/mol. The number of rotatable bonds is 2. The van der Waals surface area contributed by atoms with E-state index < -0.39 is 0 Å². The smallest absolute Gasteiger partial charge is 0.00425 e. The van der Waals surface area contributed by atoms with Crippen LogP contribution in [0.4, 0.5) is 0 Å². The summed E-state index contributed by atoms with van der Waals surface area (Å²) < 4.78 is 0. The molecule has 4 rings (SSSR count). The van der Waals surface area contributed by atoms with Crippen molar-refractivity contribution < 1.29 is 0 Å². The van der Waals surface area contributed by atoms with Gasteiger partial charge in [-0.25, -0.2) is 0 Å². The highest BCUT2D eigenvalue weighted by molar-refractivity contribution is 5.20. The Labute approximate surface area is 86.8 Å². The molecular weight excluding hydrogens is 170 g/mol. The lowest BCUT2D eigenvalue weighted by molar-refractivity contribution is 0.0693. The van der Waals surface area contributed by atoms with Gasteiger partial charge in [-0.3, -0.25) is 0 Å². The van der Waals surface area contributed by atoms with Gasteiger partial charge in [0, 0.05) is 0 Å². The number of allylic oxidation sites excluding steroid dienone is 1. The van der Waals surface area contributed by atoms with Crippen LogP contribution in [0.1, 0.15) is 38.5 Å². The van der Waals surface area contributed by atoms with Crippen LogP contribution in [0.15, 0.2) is 11.6 Å². The second kappa shape index (κ2) is 3.37. The molecule has 0 saturated heterocycles. The summed E-state index contributed by atoms with van der Waals surface area (Å²) in [6.07, 6.45) is 11.2. The van der Waals surface area contributed by atoms with Crippen molar-refractivity contribution in [3.05, 3.63) is 11.6 Å². The summed E-state index contributed by atoms with van der Waals surface area (Å²) in [6, 6.07) is 0. The highest BCUT2D eigenvalue weighted by atomic mass is 14.5. The van der Waals surface area contributed by atoms with E-state index in [4.69, 9.17) is 5.73 Å². The van der Waals surface area contributed by atoms with Crippen molar-refractivity contribution in [1.29, 1.82) is 0 Å². The third-order valence-electron chi connectivity index (χ3n) is 4.63. The van der Waals surface area contributed by atoms with Crippen molar-refractivity contribution in [3.8, 4) is 0 Å². The molecule has 4 aliphatic carbocycles. The van der Waals surface area contributed by atoms with E-state index in [2.05, 4.69) is 6.08 Å². The van der Waals surface area contributed by atoms with Gasteiger partial charge >= 0.3 is 0 Å². The first-order valence-electron chi connectivity index (χ1n) is 6.27. The predicted molar refractivity (Wildman–Crippen MR) is 58.8 cm³/mol. The van der Waals surface area contributed by atoms with Crippen molar-refractivity contribution in [2.45, 2.75) is 38.5 Å². The Kier molecular flexibility index (Phi) is 2.16. The fourth-order valence-corrected chi connectivity index (χ4v) is 4.31. The van der Waals surface area contributed by atoms with E-state index in [0.29, 0.717) is 0 Å². The molecule has 0 amide bonds. The van der Waals surface area contributed by atoms with Crippen LogP contribution in [0.2, 0.25) is 0 Å². The zero-order chi connectivity index (χ0) is 9.54. The van der Waals surface area contributed by atoms with Crippen molar-refractivity contribution in [2.24, 2.45) is 29.4 Å². The Morgan fingerprint density at radius 2 is 1.57 bits per heavy atom. The predicted octanol–water partition coefficient (Wildman–Crippen LogP) is 2.72. The summed E-state index contributed by atoms with van der Waals surface area (Å²) in [6.45, 7) is 0.829. The van der Waals surface area contributed by atoms with Crippen LogP contribution in [-0.4, -0.2) is 6.54 Å². The van der Waals surface area contributed by atoms with Crippen LogP contribution in [0, 0.1) is 23.7 Å². The van der Waals surface area contributed by atoms with Crippen molar-refractivity contribution in [1.82, 2.24) is 0 Å². The molecule has 0 spiro atoms. The third kappa shape index (κ3) is 1.33. The Bertz CT molecular complexity index is 224. The molecule has 1 nitrogen and oxygen atoms in total. The van der Waals surface area contributed by atoms with Crippen LogP contribution in [0.3, 0.4) is 0 Å². The largest absolute Gasteiger partial charge is 0.330 e. The normalized spacial score (nSPS) is 44.5. The first-order chi connectivity index (χ1) is 6.86. The maximum atomic E-state index is 5.59. The molecule has 14 heavy (non-hydrogen) atoms. The highest BCUT2D eigenvalue weighted by Gasteiger charge is 2.44. The van der Waals surface area contributed by atoms with Gasteiger partial charge in [-0.1, -0.05) is 11.6 Å². The van der Waals surface area contributed by atoms with Crippen LogP contribution in [0.5, 0.6) is 0 Å². The minimum Gasteiger partial charge on any atom is -0.330 e. The van der Waals surface area contributed by atoms with E-state index in [-0.39, 0.29) is 0 Å². The number of hydrogen-bond acceptors (Lipinski definition) is 1. The Hall–Kier alpha value is -0.300. The van der Waals surface area contributed by atoms with E-state index in [1.54, 1.807) is 6.42 Å². The summed E-state index contributed by atoms with van der Waals surface area (Å²) in [5.74, 6) is 4.12. The third-order valence-corrected chi connectivity index (χ3v) is 4.63. The maximum Gasteiger partial charge on any atom is -0.00425 e. The van der Waals surface area contributed by atoms with E-state index in [0.717, 1.165) is 36.6 Å². The van der Waals surface area contributed by atoms with Gasteiger partial charge in [-0.15, -0.1) is 0 Å². The van der Waals surface area contributed by atoms with E-state index >= 15 is 0 Å². The quantitative estimate of drug-likeness (QED) is 0.667. The second-order valence-electron chi connectivity index (χ2n) is 5.59. The Morgan fingerprint density at radius 3 is 2.07 bits per heavy atom. The molecule has 4 bridgehead atoms. The van der Waals surface area contributed by atoms with Gasteiger partial charge in [0.1, 0.15) is 0 Å². The molecule has 4 fully saturated rings. The van der Waals surface area contributed by atoms with E-state index in [9.17, 15) is 0 Å². The molecule has 0 aromatic carbocycles. The first-order valence-corrected chi connectivity index (χ1v) is 6.27. The van der Waals surface area contributed by atoms with Gasteiger partial charge < -0.3 is 5.73 Å². The highest BCUT2D eigenvalue weighted by Crippen LogP contribution is 2.56. The molecule has 0 radical (unpaired) electrons. The van der Waals surface area contributed by atoms with Gasteiger partial charge in [0.05, 0.1) is 0 Å². The zero-order valence-corrected chi connectivity index (χ0v) is 8.91. The summed E-state index contributed by atoms with van der Waals surface area (Å²) in [7, 11) is 0. The molecular formula is C13H21N. The number of hydrogen-bond donors (Lipinski definition) is 1. The molecule has 0 heterocycles. The lowest BCUT2D eigenvalue weighted by Crippen LogP contribution is -2.40. The molecule has 4 aliphatic rings. The minimum absolute atomic E-state index is 0.829. The standard InChI is InChI=1S/C13H21N/c14-3-1-2-13-11-5-9-4-10(7-11)8-12(13)6-9/h2,9-12H,1,3-8,14H2. The van der Waals surface area contributed by atoms with Crippen molar-refractivity contribution in [2.75, 3.05) is 6.54 Å². The van der Waals surface area contributed by atoms with Crippen LogP contribution in [-0.2, 0) is 0 Å². The molecule has 0 aromatic heterocycles. The minimum atomic E-state index is 0.829. The SMILES string of the molecule is NCCC=C1C2CC3CC(C2)CC1C3. The average molecular weight is 191 g/mol. The van der Waals surface area contributed by atoms with Gasteiger partial charge in [-0.2, -0.15) is 0 Å². The van der Waals surface area contributed by atoms with Crippen LogP contribution >= 0.6 is 0 Å². The average Bonchev–Trinajstić information content (AvgIpc) is 2.15. The molecule has 1 heteroatoms. The summed E-state index contributed by atoms with van der Waals surface area (Å²) in [5, 5.41) is 0. The fraction of sp³-hybridized carbons (Fsp3) is 0.846. The van der Waals surface area contributed by atoms with Gasteiger partial charge in [0.25, 0.3) is 0 Å². The lowest BCUT2D eigenvalue weighted by Gasteiger charge is -2.51.